The van der Waals surface area contributed by atoms with Crippen LogP contribution in [0.4, 0.5) is 0 Å². The molecule has 0 atom stereocenters. The van der Waals surface area contributed by atoms with Gasteiger partial charge in [-0.05, 0) is 0 Å². The summed E-state index contributed by atoms with van der Waals surface area (Å²) in [6.07, 6.45) is 1.23. The highest BCUT2D eigenvalue weighted by atomic mass is 35.7. The third-order valence-corrected chi connectivity index (χ3v) is 5.13. The molecule has 1 aliphatic heterocycles. The van der Waals surface area contributed by atoms with E-state index in [1.807, 2.05) is 0 Å². The summed E-state index contributed by atoms with van der Waals surface area (Å²) < 4.78 is 26.9. The number of hydrogen-bond acceptors (Lipinski definition) is 6. The molecule has 2 heterocycles. The van der Waals surface area contributed by atoms with Crippen molar-refractivity contribution in [2.24, 2.45) is 0 Å². The molecule has 1 aromatic rings. The number of carbonyl (C=O) groups excluding carboxylic acids is 1. The predicted octanol–water partition coefficient (Wildman–Crippen LogP) is 0.543. The van der Waals surface area contributed by atoms with Crippen LogP contribution in [-0.4, -0.2) is 50.5 Å². The minimum atomic E-state index is -3.86. The van der Waals surface area contributed by atoms with Gasteiger partial charge in [-0.2, -0.15) is 0 Å². The first-order chi connectivity index (χ1) is 7.98. The summed E-state index contributed by atoms with van der Waals surface area (Å²) in [6.45, 7) is 1.98. The molecule has 0 radical (unpaired) electrons. The Bertz CT molecular complexity index is 521. The Morgan fingerprint density at radius 2 is 2.12 bits per heavy atom. The van der Waals surface area contributed by atoms with Gasteiger partial charge < -0.3 is 9.64 Å². The molecule has 2 rings (SSSR count). The Morgan fingerprint density at radius 3 is 2.65 bits per heavy atom. The number of aromatic nitrogens is 1. The fraction of sp³-hybridized carbons (Fsp3) is 0.500. The summed E-state index contributed by atoms with van der Waals surface area (Å²) in [7, 11) is 1.28. The van der Waals surface area contributed by atoms with E-state index in [1.54, 1.807) is 4.90 Å². The van der Waals surface area contributed by atoms with Gasteiger partial charge in [-0.1, -0.05) is 11.3 Å². The fourth-order valence-electron chi connectivity index (χ4n) is 1.39. The van der Waals surface area contributed by atoms with Crippen LogP contribution in [0.25, 0.3) is 0 Å². The van der Waals surface area contributed by atoms with E-state index in [1.165, 1.54) is 6.20 Å². The van der Waals surface area contributed by atoms with Crippen molar-refractivity contribution in [3.05, 3.63) is 11.1 Å². The summed E-state index contributed by atoms with van der Waals surface area (Å²) in [5, 5.41) is 0. The van der Waals surface area contributed by atoms with E-state index in [0.29, 0.717) is 26.3 Å². The molecular formula is C8H9ClN2O4S2. The Balaban J connectivity index is 2.17. The van der Waals surface area contributed by atoms with Crippen LogP contribution in [0.3, 0.4) is 0 Å². The Labute approximate surface area is 107 Å². The van der Waals surface area contributed by atoms with E-state index >= 15 is 0 Å². The van der Waals surface area contributed by atoms with Crippen molar-refractivity contribution in [3.8, 4) is 0 Å². The highest BCUT2D eigenvalue weighted by Crippen LogP contribution is 2.22. The minimum Gasteiger partial charge on any atom is -0.378 e. The maximum absolute atomic E-state index is 11.9. The Morgan fingerprint density at radius 1 is 1.47 bits per heavy atom. The molecule has 9 heteroatoms. The molecule has 0 aliphatic carbocycles. The van der Waals surface area contributed by atoms with E-state index in [2.05, 4.69) is 4.98 Å². The normalized spacial score (nSPS) is 17.1. The van der Waals surface area contributed by atoms with Gasteiger partial charge in [0.1, 0.15) is 4.88 Å². The Hall–Kier alpha value is -0.700. The average Bonchev–Trinajstić information content (AvgIpc) is 2.78. The van der Waals surface area contributed by atoms with Crippen molar-refractivity contribution in [2.45, 2.75) is 4.34 Å². The lowest BCUT2D eigenvalue weighted by Crippen LogP contribution is -2.40. The van der Waals surface area contributed by atoms with Crippen LogP contribution >= 0.6 is 22.0 Å². The highest BCUT2D eigenvalue weighted by Gasteiger charge is 2.23. The van der Waals surface area contributed by atoms with Crippen LogP contribution in [0, 0.1) is 0 Å². The fourth-order valence-corrected chi connectivity index (χ4v) is 3.26. The van der Waals surface area contributed by atoms with Gasteiger partial charge in [0.25, 0.3) is 15.0 Å². The molecule has 1 aliphatic rings. The van der Waals surface area contributed by atoms with E-state index in [4.69, 9.17) is 15.4 Å². The van der Waals surface area contributed by atoms with Crippen molar-refractivity contribution in [1.29, 1.82) is 0 Å². The highest BCUT2D eigenvalue weighted by molar-refractivity contribution is 8.14. The van der Waals surface area contributed by atoms with Crippen LogP contribution in [0.2, 0.25) is 0 Å². The van der Waals surface area contributed by atoms with Gasteiger partial charge >= 0.3 is 0 Å². The monoisotopic (exact) mass is 296 g/mol. The molecule has 0 aromatic carbocycles. The lowest BCUT2D eigenvalue weighted by Gasteiger charge is -2.26. The van der Waals surface area contributed by atoms with Gasteiger partial charge in [-0.3, -0.25) is 4.79 Å². The van der Waals surface area contributed by atoms with Crippen molar-refractivity contribution >= 4 is 37.0 Å². The molecule has 1 saturated heterocycles. The molecular weight excluding hydrogens is 288 g/mol. The van der Waals surface area contributed by atoms with Crippen LogP contribution in [0.1, 0.15) is 9.67 Å². The molecule has 17 heavy (non-hydrogen) atoms. The molecule has 1 aromatic heterocycles. The predicted molar refractivity (Wildman–Crippen MR) is 61.9 cm³/mol. The molecule has 1 fully saturated rings. The topological polar surface area (TPSA) is 76.6 Å². The zero-order valence-electron chi connectivity index (χ0n) is 8.63. The SMILES string of the molecule is O=C(c1cnc(S(=O)(=O)Cl)s1)N1CCOCC1. The van der Waals surface area contributed by atoms with Gasteiger partial charge in [0.2, 0.25) is 4.34 Å². The third-order valence-electron chi connectivity index (χ3n) is 2.20. The van der Waals surface area contributed by atoms with E-state index in [-0.39, 0.29) is 15.1 Å². The van der Waals surface area contributed by atoms with Crippen LogP contribution in [0.5, 0.6) is 0 Å². The average molecular weight is 297 g/mol. The summed E-state index contributed by atoms with van der Waals surface area (Å²) in [5.41, 5.74) is 0. The first-order valence-corrected chi connectivity index (χ1v) is 7.88. The van der Waals surface area contributed by atoms with Crippen molar-refractivity contribution < 1.29 is 17.9 Å². The molecule has 0 unspecified atom stereocenters. The minimum absolute atomic E-state index is 0.239. The summed E-state index contributed by atoms with van der Waals surface area (Å²) >= 11 is 0.779. The second-order valence-corrected chi connectivity index (χ2v) is 7.10. The number of ether oxygens (including phenoxy) is 1. The van der Waals surface area contributed by atoms with Gasteiger partial charge in [-0.15, -0.1) is 0 Å². The second kappa shape index (κ2) is 4.89. The summed E-state index contributed by atoms with van der Waals surface area (Å²) in [5.74, 6) is -0.239. The standard InChI is InChI=1S/C8H9ClN2O4S2/c9-17(13,14)8-10-5-6(16-8)7(12)11-1-3-15-4-2-11/h5H,1-4H2. The number of halogens is 1. The lowest BCUT2D eigenvalue weighted by molar-refractivity contribution is 0.0306. The number of carbonyl (C=O) groups is 1. The first-order valence-electron chi connectivity index (χ1n) is 4.76. The maximum Gasteiger partial charge on any atom is 0.288 e. The van der Waals surface area contributed by atoms with Crippen LogP contribution < -0.4 is 0 Å². The molecule has 0 N–H and O–H groups in total. The zero-order chi connectivity index (χ0) is 12.5. The maximum atomic E-state index is 11.9. The van der Waals surface area contributed by atoms with E-state index in [9.17, 15) is 13.2 Å². The van der Waals surface area contributed by atoms with E-state index < -0.39 is 9.05 Å². The lowest BCUT2D eigenvalue weighted by atomic mass is 10.4. The summed E-state index contributed by atoms with van der Waals surface area (Å²) in [6, 6.07) is 0. The number of morpholine rings is 1. The number of amides is 1. The molecule has 0 spiro atoms. The largest absolute Gasteiger partial charge is 0.378 e. The van der Waals surface area contributed by atoms with Crippen molar-refractivity contribution in [1.82, 2.24) is 9.88 Å². The number of rotatable bonds is 2. The molecule has 0 saturated carbocycles. The van der Waals surface area contributed by atoms with Gasteiger partial charge in [-0.25, -0.2) is 13.4 Å². The molecule has 6 nitrogen and oxygen atoms in total. The van der Waals surface area contributed by atoms with Gasteiger partial charge in [0, 0.05) is 23.8 Å². The van der Waals surface area contributed by atoms with Crippen LogP contribution in [0.15, 0.2) is 10.5 Å². The van der Waals surface area contributed by atoms with Crippen LogP contribution in [-0.2, 0) is 13.8 Å². The van der Waals surface area contributed by atoms with Crippen molar-refractivity contribution in [2.75, 3.05) is 26.3 Å². The van der Waals surface area contributed by atoms with Crippen molar-refractivity contribution in [3.63, 3.8) is 0 Å². The molecule has 1 amide bonds. The number of thiazole rings is 1. The molecule has 94 valence electrons. The smallest absolute Gasteiger partial charge is 0.288 e. The van der Waals surface area contributed by atoms with E-state index in [0.717, 1.165) is 11.3 Å². The van der Waals surface area contributed by atoms with Gasteiger partial charge in [0.15, 0.2) is 0 Å². The number of hydrogen-bond donors (Lipinski definition) is 0. The number of nitrogens with zero attached hydrogens (tertiary/aromatic N) is 2. The quantitative estimate of drug-likeness (QED) is 0.745. The zero-order valence-corrected chi connectivity index (χ0v) is 11.0. The van der Waals surface area contributed by atoms with Gasteiger partial charge in [0.05, 0.1) is 19.4 Å². The Kier molecular flexibility index (Phi) is 3.67. The first kappa shape index (κ1) is 12.7. The second-order valence-electron chi connectivity index (χ2n) is 3.33. The molecule has 0 bridgehead atoms. The third kappa shape index (κ3) is 2.95. The summed E-state index contributed by atoms with van der Waals surface area (Å²) in [4.78, 5) is 17.4.